The molecule has 1 N–H and O–H groups in total. The zero-order valence-corrected chi connectivity index (χ0v) is 12.9. The van der Waals surface area contributed by atoms with Gasteiger partial charge in [0.15, 0.2) is 0 Å². The fourth-order valence-electron chi connectivity index (χ4n) is 2.64. The summed E-state index contributed by atoms with van der Waals surface area (Å²) in [5.74, 6) is -0.275. The van der Waals surface area contributed by atoms with Crippen LogP contribution in [0, 0.1) is 5.92 Å². The van der Waals surface area contributed by atoms with Gasteiger partial charge in [0.25, 0.3) is 0 Å². The van der Waals surface area contributed by atoms with Gasteiger partial charge in [-0.2, -0.15) is 0 Å². The Hall–Kier alpha value is -1.39. The molecule has 116 valence electrons. The van der Waals surface area contributed by atoms with Crippen LogP contribution in [-0.2, 0) is 20.9 Å². The molecule has 1 aliphatic rings. The zero-order valence-electron chi connectivity index (χ0n) is 12.9. The average molecular weight is 291 g/mol. The highest BCUT2D eigenvalue weighted by Crippen LogP contribution is 2.21. The van der Waals surface area contributed by atoms with Gasteiger partial charge in [-0.3, -0.25) is 4.79 Å². The van der Waals surface area contributed by atoms with Crippen molar-refractivity contribution in [3.05, 3.63) is 35.9 Å². The fourth-order valence-corrected chi connectivity index (χ4v) is 2.64. The largest absolute Gasteiger partial charge is 0.461 e. The monoisotopic (exact) mass is 291 g/mol. The first-order valence-corrected chi connectivity index (χ1v) is 7.65. The maximum atomic E-state index is 12.0. The first kappa shape index (κ1) is 16.0. The first-order valence-electron chi connectivity index (χ1n) is 7.65. The predicted molar refractivity (Wildman–Crippen MR) is 81.8 cm³/mol. The lowest BCUT2D eigenvalue weighted by Crippen LogP contribution is -2.34. The van der Waals surface area contributed by atoms with Crippen molar-refractivity contribution in [1.82, 2.24) is 5.32 Å². The number of carbonyl (C=O) groups excluding carboxylic acids is 1. The van der Waals surface area contributed by atoms with Gasteiger partial charge in [-0.1, -0.05) is 37.3 Å². The van der Waals surface area contributed by atoms with Crippen LogP contribution in [0.5, 0.6) is 0 Å². The first-order chi connectivity index (χ1) is 10.2. The highest BCUT2D eigenvalue weighted by molar-refractivity contribution is 5.72. The number of ether oxygens (including phenoxy) is 2. The van der Waals surface area contributed by atoms with Crippen LogP contribution >= 0.6 is 0 Å². The summed E-state index contributed by atoms with van der Waals surface area (Å²) in [4.78, 5) is 12.0. The number of methoxy groups -OCH3 is 1. The van der Waals surface area contributed by atoms with Gasteiger partial charge >= 0.3 is 5.97 Å². The summed E-state index contributed by atoms with van der Waals surface area (Å²) in [7, 11) is 1.76. The lowest BCUT2D eigenvalue weighted by Gasteiger charge is -2.16. The van der Waals surface area contributed by atoms with Gasteiger partial charge < -0.3 is 14.8 Å². The highest BCUT2D eigenvalue weighted by Gasteiger charge is 2.25. The third kappa shape index (κ3) is 5.14. The molecule has 0 saturated heterocycles. The molecule has 0 aromatic heterocycles. The van der Waals surface area contributed by atoms with Crippen molar-refractivity contribution in [2.75, 3.05) is 13.7 Å². The summed E-state index contributed by atoms with van der Waals surface area (Å²) in [6.45, 7) is 2.91. The molecule has 1 saturated carbocycles. The Morgan fingerprint density at radius 2 is 2.10 bits per heavy atom. The topological polar surface area (TPSA) is 47.6 Å². The third-order valence-electron chi connectivity index (χ3n) is 4.06. The van der Waals surface area contributed by atoms with E-state index in [2.05, 4.69) is 5.32 Å². The molecule has 0 radical (unpaired) electrons. The lowest BCUT2D eigenvalue weighted by atomic mass is 10.1. The number of rotatable bonds is 7. The van der Waals surface area contributed by atoms with Gasteiger partial charge in [0.2, 0.25) is 0 Å². The van der Waals surface area contributed by atoms with E-state index in [-0.39, 0.29) is 11.9 Å². The summed E-state index contributed by atoms with van der Waals surface area (Å²) in [6.07, 6.45) is 3.61. The van der Waals surface area contributed by atoms with E-state index in [1.54, 1.807) is 7.11 Å². The van der Waals surface area contributed by atoms with E-state index in [0.717, 1.165) is 24.8 Å². The minimum Gasteiger partial charge on any atom is -0.461 e. The van der Waals surface area contributed by atoms with Gasteiger partial charge in [-0.15, -0.1) is 0 Å². The Bertz CT molecular complexity index is 435. The summed E-state index contributed by atoms with van der Waals surface area (Å²) in [5, 5.41) is 3.44. The van der Waals surface area contributed by atoms with E-state index in [0.29, 0.717) is 25.3 Å². The van der Waals surface area contributed by atoms with Crippen LogP contribution in [0.15, 0.2) is 30.3 Å². The number of hydrogen-bond donors (Lipinski definition) is 1. The lowest BCUT2D eigenvalue weighted by molar-refractivity contribution is -0.149. The number of esters is 1. The maximum Gasteiger partial charge on any atom is 0.310 e. The minimum absolute atomic E-state index is 0.129. The molecule has 1 fully saturated rings. The third-order valence-corrected chi connectivity index (χ3v) is 4.06. The second-order valence-corrected chi connectivity index (χ2v) is 5.77. The van der Waals surface area contributed by atoms with E-state index in [1.165, 1.54) is 0 Å². The van der Waals surface area contributed by atoms with Gasteiger partial charge in [-0.05, 0) is 24.8 Å². The van der Waals surface area contributed by atoms with Crippen LogP contribution in [0.3, 0.4) is 0 Å². The van der Waals surface area contributed by atoms with Crippen molar-refractivity contribution in [3.63, 3.8) is 0 Å². The van der Waals surface area contributed by atoms with E-state index in [9.17, 15) is 4.79 Å². The van der Waals surface area contributed by atoms with Crippen molar-refractivity contribution in [3.8, 4) is 0 Å². The van der Waals surface area contributed by atoms with Crippen LogP contribution < -0.4 is 5.32 Å². The van der Waals surface area contributed by atoms with Crippen LogP contribution in [0.4, 0.5) is 0 Å². The SMILES string of the molecule is COC1CCC(NCC(C)C(=O)OCc2ccccc2)C1. The van der Waals surface area contributed by atoms with Crippen molar-refractivity contribution in [2.24, 2.45) is 5.92 Å². The van der Waals surface area contributed by atoms with Crippen molar-refractivity contribution >= 4 is 5.97 Å². The summed E-state index contributed by atoms with van der Waals surface area (Å²) in [5.41, 5.74) is 1.02. The van der Waals surface area contributed by atoms with Gasteiger partial charge in [0.05, 0.1) is 12.0 Å². The molecule has 4 nitrogen and oxygen atoms in total. The van der Waals surface area contributed by atoms with E-state index in [4.69, 9.17) is 9.47 Å². The van der Waals surface area contributed by atoms with Crippen LogP contribution in [0.25, 0.3) is 0 Å². The molecule has 3 atom stereocenters. The molecule has 1 aliphatic carbocycles. The van der Waals surface area contributed by atoms with Gasteiger partial charge in [0, 0.05) is 19.7 Å². The van der Waals surface area contributed by atoms with Crippen LogP contribution in [-0.4, -0.2) is 31.8 Å². The van der Waals surface area contributed by atoms with Crippen molar-refractivity contribution < 1.29 is 14.3 Å². The second kappa shape index (κ2) is 8.15. The molecule has 4 heteroatoms. The molecular formula is C17H25NO3. The van der Waals surface area contributed by atoms with E-state index >= 15 is 0 Å². The van der Waals surface area contributed by atoms with Crippen molar-refractivity contribution in [1.29, 1.82) is 0 Å². The number of nitrogens with one attached hydrogen (secondary N) is 1. The molecule has 0 amide bonds. The Morgan fingerprint density at radius 1 is 1.33 bits per heavy atom. The Labute approximate surface area is 126 Å². The maximum absolute atomic E-state index is 12.0. The molecule has 3 unspecified atom stereocenters. The molecule has 0 aliphatic heterocycles. The minimum atomic E-state index is -0.146. The van der Waals surface area contributed by atoms with Crippen LogP contribution in [0.2, 0.25) is 0 Å². The van der Waals surface area contributed by atoms with Gasteiger partial charge in [-0.25, -0.2) is 0 Å². The predicted octanol–water partition coefficient (Wildman–Crippen LogP) is 2.52. The summed E-state index contributed by atoms with van der Waals surface area (Å²) < 4.78 is 10.7. The van der Waals surface area contributed by atoms with Crippen LogP contribution in [0.1, 0.15) is 31.7 Å². The summed E-state index contributed by atoms with van der Waals surface area (Å²) >= 11 is 0. The summed E-state index contributed by atoms with van der Waals surface area (Å²) in [6, 6.07) is 10.2. The Kier molecular flexibility index (Phi) is 6.21. The number of carbonyl (C=O) groups is 1. The number of benzene rings is 1. The normalized spacial score (nSPS) is 23.0. The molecule has 1 aromatic carbocycles. The van der Waals surface area contributed by atoms with Crippen molar-refractivity contribution in [2.45, 2.75) is 44.9 Å². The average Bonchev–Trinajstić information content (AvgIpc) is 2.99. The molecular weight excluding hydrogens is 266 g/mol. The molecule has 0 heterocycles. The molecule has 21 heavy (non-hydrogen) atoms. The standard InChI is InChI=1S/C17H25NO3/c1-13(11-18-15-8-9-16(10-15)20-2)17(19)21-12-14-6-4-3-5-7-14/h3-7,13,15-16,18H,8-12H2,1-2H3. The Morgan fingerprint density at radius 3 is 2.76 bits per heavy atom. The molecule has 1 aromatic rings. The fraction of sp³-hybridized carbons (Fsp3) is 0.588. The van der Waals surface area contributed by atoms with Gasteiger partial charge in [0.1, 0.15) is 6.61 Å². The molecule has 0 spiro atoms. The molecule has 0 bridgehead atoms. The second-order valence-electron chi connectivity index (χ2n) is 5.77. The quantitative estimate of drug-likeness (QED) is 0.784. The Balaban J connectivity index is 1.66. The molecule has 2 rings (SSSR count). The number of hydrogen-bond acceptors (Lipinski definition) is 4. The smallest absolute Gasteiger partial charge is 0.310 e. The van der Waals surface area contributed by atoms with E-state index < -0.39 is 0 Å². The zero-order chi connectivity index (χ0) is 15.1. The highest BCUT2D eigenvalue weighted by atomic mass is 16.5. The van der Waals surface area contributed by atoms with E-state index in [1.807, 2.05) is 37.3 Å².